The quantitative estimate of drug-likeness (QED) is 0.818. The van der Waals surface area contributed by atoms with E-state index in [-0.39, 0.29) is 0 Å². The average Bonchev–Trinajstić information content (AvgIpc) is 2.19. The first kappa shape index (κ1) is 13.3. The molecule has 0 aliphatic rings. The van der Waals surface area contributed by atoms with Crippen LogP contribution in [0.4, 0.5) is 11.4 Å². The number of hydrogen-bond donors (Lipinski definition) is 2. The van der Waals surface area contributed by atoms with Crippen LogP contribution in [0, 0.1) is 0 Å². The smallest absolute Gasteiger partial charge is 0.0576 e. The highest BCUT2D eigenvalue weighted by Crippen LogP contribution is 2.23. The second-order valence-corrected chi connectivity index (χ2v) is 5.28. The zero-order valence-electron chi connectivity index (χ0n) is 10.1. The number of benzene rings is 1. The Kier molecular flexibility index (Phi) is 5.09. The topological polar surface area (TPSA) is 41.3 Å². The average molecular weight is 286 g/mol. The van der Waals surface area contributed by atoms with E-state index in [1.807, 2.05) is 18.2 Å². The molecule has 3 nitrogen and oxygen atoms in total. The Labute approximate surface area is 106 Å². The van der Waals surface area contributed by atoms with Crippen molar-refractivity contribution in [1.29, 1.82) is 0 Å². The summed E-state index contributed by atoms with van der Waals surface area (Å²) >= 11 is 3.40. The summed E-state index contributed by atoms with van der Waals surface area (Å²) in [6.07, 6.45) is 1.10. The molecule has 90 valence electrons. The van der Waals surface area contributed by atoms with Crippen molar-refractivity contribution in [3.05, 3.63) is 22.7 Å². The van der Waals surface area contributed by atoms with Gasteiger partial charge in [0.15, 0.2) is 0 Å². The van der Waals surface area contributed by atoms with Gasteiger partial charge in [-0.2, -0.15) is 0 Å². The van der Waals surface area contributed by atoms with Crippen molar-refractivity contribution < 1.29 is 0 Å². The number of rotatable bonds is 5. The molecular formula is C12H20BrN3. The van der Waals surface area contributed by atoms with E-state index in [1.165, 1.54) is 0 Å². The van der Waals surface area contributed by atoms with Gasteiger partial charge in [0.05, 0.1) is 11.4 Å². The van der Waals surface area contributed by atoms with Gasteiger partial charge in [-0.25, -0.2) is 0 Å². The first-order valence-electron chi connectivity index (χ1n) is 5.45. The number of nitrogens with zero attached hydrogens (tertiary/aromatic N) is 1. The van der Waals surface area contributed by atoms with Crippen molar-refractivity contribution in [3.8, 4) is 0 Å². The zero-order chi connectivity index (χ0) is 12.1. The van der Waals surface area contributed by atoms with E-state index < -0.39 is 0 Å². The van der Waals surface area contributed by atoms with Crippen molar-refractivity contribution in [1.82, 2.24) is 4.90 Å². The zero-order valence-corrected chi connectivity index (χ0v) is 11.7. The second kappa shape index (κ2) is 6.11. The SMILES string of the molecule is CC(CCN(C)C)Nc1ccc(Br)cc1N. The molecule has 0 bridgehead atoms. The van der Waals surface area contributed by atoms with Crippen LogP contribution in [-0.2, 0) is 0 Å². The highest BCUT2D eigenvalue weighted by atomic mass is 79.9. The maximum absolute atomic E-state index is 5.92. The van der Waals surface area contributed by atoms with Gasteiger partial charge in [-0.3, -0.25) is 0 Å². The number of nitrogen functional groups attached to an aromatic ring is 1. The molecule has 1 aromatic carbocycles. The fourth-order valence-electron chi connectivity index (χ4n) is 1.45. The lowest BCUT2D eigenvalue weighted by atomic mass is 10.2. The minimum atomic E-state index is 0.422. The fourth-order valence-corrected chi connectivity index (χ4v) is 1.83. The number of halogens is 1. The minimum Gasteiger partial charge on any atom is -0.397 e. The number of hydrogen-bond acceptors (Lipinski definition) is 3. The largest absolute Gasteiger partial charge is 0.397 e. The summed E-state index contributed by atoms with van der Waals surface area (Å²) in [5, 5.41) is 3.42. The third-order valence-electron chi connectivity index (χ3n) is 2.42. The molecule has 0 heterocycles. The maximum atomic E-state index is 5.92. The summed E-state index contributed by atoms with van der Waals surface area (Å²) in [4.78, 5) is 2.18. The van der Waals surface area contributed by atoms with Crippen LogP contribution >= 0.6 is 15.9 Å². The van der Waals surface area contributed by atoms with E-state index in [0.717, 1.165) is 28.8 Å². The third-order valence-corrected chi connectivity index (χ3v) is 2.92. The van der Waals surface area contributed by atoms with Gasteiger partial charge in [0.1, 0.15) is 0 Å². The first-order chi connectivity index (χ1) is 7.49. The Morgan fingerprint density at radius 1 is 1.44 bits per heavy atom. The lowest BCUT2D eigenvalue weighted by molar-refractivity contribution is 0.390. The molecular weight excluding hydrogens is 266 g/mol. The molecule has 1 rings (SSSR count). The molecule has 0 amide bonds. The van der Waals surface area contributed by atoms with E-state index in [1.54, 1.807) is 0 Å². The molecule has 0 saturated heterocycles. The molecule has 0 aromatic heterocycles. The van der Waals surface area contributed by atoms with Crippen LogP contribution in [0.5, 0.6) is 0 Å². The van der Waals surface area contributed by atoms with Gasteiger partial charge in [0.25, 0.3) is 0 Å². The van der Waals surface area contributed by atoms with Gasteiger partial charge >= 0.3 is 0 Å². The molecule has 0 aliphatic heterocycles. The summed E-state index contributed by atoms with van der Waals surface area (Å²) in [6, 6.07) is 6.34. The fraction of sp³-hybridized carbons (Fsp3) is 0.500. The molecule has 4 heteroatoms. The summed E-state index contributed by atoms with van der Waals surface area (Å²) in [7, 11) is 4.17. The lowest BCUT2D eigenvalue weighted by Crippen LogP contribution is -2.23. The van der Waals surface area contributed by atoms with Crippen LogP contribution in [0.2, 0.25) is 0 Å². The Hall–Kier alpha value is -0.740. The van der Waals surface area contributed by atoms with Gasteiger partial charge < -0.3 is 16.0 Å². The van der Waals surface area contributed by atoms with Gasteiger partial charge in [0, 0.05) is 10.5 Å². The Balaban J connectivity index is 2.52. The van der Waals surface area contributed by atoms with Crippen LogP contribution in [0.3, 0.4) is 0 Å². The molecule has 0 aliphatic carbocycles. The Bertz CT molecular complexity index is 339. The second-order valence-electron chi connectivity index (χ2n) is 4.37. The summed E-state index contributed by atoms with van der Waals surface area (Å²) in [5.41, 5.74) is 7.71. The number of nitrogens with two attached hydrogens (primary N) is 1. The Morgan fingerprint density at radius 2 is 2.12 bits per heavy atom. The van der Waals surface area contributed by atoms with Crippen molar-refractivity contribution in [3.63, 3.8) is 0 Å². The van der Waals surface area contributed by atoms with Crippen LogP contribution in [0.1, 0.15) is 13.3 Å². The first-order valence-corrected chi connectivity index (χ1v) is 6.24. The molecule has 0 fully saturated rings. The van der Waals surface area contributed by atoms with E-state index in [2.05, 4.69) is 47.2 Å². The normalized spacial score (nSPS) is 12.8. The molecule has 1 unspecified atom stereocenters. The minimum absolute atomic E-state index is 0.422. The van der Waals surface area contributed by atoms with Crippen molar-refractivity contribution in [2.24, 2.45) is 0 Å². The van der Waals surface area contributed by atoms with Crippen LogP contribution < -0.4 is 11.1 Å². The van der Waals surface area contributed by atoms with Gasteiger partial charge in [-0.15, -0.1) is 0 Å². The standard InChI is InChI=1S/C12H20BrN3/c1-9(6-7-16(2)3)15-12-5-4-10(13)8-11(12)14/h4-5,8-9,15H,6-7,14H2,1-3H3. The Morgan fingerprint density at radius 3 is 2.69 bits per heavy atom. The summed E-state index contributed by atoms with van der Waals surface area (Å²) in [6.45, 7) is 3.25. The number of anilines is 2. The molecule has 1 aromatic rings. The molecule has 3 N–H and O–H groups in total. The highest BCUT2D eigenvalue weighted by Gasteiger charge is 2.05. The predicted octanol–water partition coefficient (Wildman–Crippen LogP) is 2.78. The molecule has 16 heavy (non-hydrogen) atoms. The highest BCUT2D eigenvalue weighted by molar-refractivity contribution is 9.10. The summed E-state index contributed by atoms with van der Waals surface area (Å²) in [5.74, 6) is 0. The van der Waals surface area contributed by atoms with E-state index in [0.29, 0.717) is 6.04 Å². The van der Waals surface area contributed by atoms with Gasteiger partial charge in [0.2, 0.25) is 0 Å². The molecule has 0 radical (unpaired) electrons. The van der Waals surface area contributed by atoms with E-state index in [9.17, 15) is 0 Å². The lowest BCUT2D eigenvalue weighted by Gasteiger charge is -2.19. The van der Waals surface area contributed by atoms with Crippen LogP contribution in [-0.4, -0.2) is 31.6 Å². The molecule has 1 atom stereocenters. The van der Waals surface area contributed by atoms with Crippen molar-refractivity contribution in [2.45, 2.75) is 19.4 Å². The monoisotopic (exact) mass is 285 g/mol. The molecule has 0 spiro atoms. The molecule has 0 saturated carbocycles. The predicted molar refractivity (Wildman–Crippen MR) is 74.8 cm³/mol. The summed E-state index contributed by atoms with van der Waals surface area (Å²) < 4.78 is 1.01. The van der Waals surface area contributed by atoms with Crippen LogP contribution in [0.25, 0.3) is 0 Å². The van der Waals surface area contributed by atoms with E-state index >= 15 is 0 Å². The van der Waals surface area contributed by atoms with Crippen molar-refractivity contribution in [2.75, 3.05) is 31.7 Å². The maximum Gasteiger partial charge on any atom is 0.0576 e. The van der Waals surface area contributed by atoms with Gasteiger partial charge in [-0.05, 0) is 52.2 Å². The third kappa shape index (κ3) is 4.41. The van der Waals surface area contributed by atoms with E-state index in [4.69, 9.17) is 5.73 Å². The van der Waals surface area contributed by atoms with Crippen LogP contribution in [0.15, 0.2) is 22.7 Å². The van der Waals surface area contributed by atoms with Gasteiger partial charge in [-0.1, -0.05) is 15.9 Å². The van der Waals surface area contributed by atoms with Crippen molar-refractivity contribution >= 4 is 27.3 Å². The number of nitrogens with one attached hydrogen (secondary N) is 1.